The lowest BCUT2D eigenvalue weighted by Gasteiger charge is -2.29. The van der Waals surface area contributed by atoms with Crippen LogP contribution < -0.4 is 0 Å². The van der Waals surface area contributed by atoms with Gasteiger partial charge < -0.3 is 5.11 Å². The fourth-order valence-electron chi connectivity index (χ4n) is 1.54. The molecule has 0 spiro atoms. The monoisotopic (exact) mass is 288 g/mol. The minimum atomic E-state index is -4.76. The SMILES string of the molecule is CC(C)(C)N=NCC(O)(Cc1ccccc1)C(F)(F)F. The van der Waals surface area contributed by atoms with Gasteiger partial charge in [0.15, 0.2) is 5.60 Å². The fourth-order valence-corrected chi connectivity index (χ4v) is 1.54. The molecule has 0 bridgehead atoms. The van der Waals surface area contributed by atoms with Gasteiger partial charge in [0, 0.05) is 6.42 Å². The first-order chi connectivity index (χ1) is 9.04. The van der Waals surface area contributed by atoms with Gasteiger partial charge in [-0.2, -0.15) is 23.4 Å². The van der Waals surface area contributed by atoms with Gasteiger partial charge in [0.1, 0.15) is 0 Å². The number of alkyl halides is 3. The summed E-state index contributed by atoms with van der Waals surface area (Å²) in [5.41, 5.74) is -3.07. The average molecular weight is 288 g/mol. The van der Waals surface area contributed by atoms with Crippen LogP contribution in [0.5, 0.6) is 0 Å². The van der Waals surface area contributed by atoms with Gasteiger partial charge in [0.05, 0.1) is 12.1 Å². The van der Waals surface area contributed by atoms with Gasteiger partial charge in [-0.25, -0.2) is 0 Å². The van der Waals surface area contributed by atoms with Gasteiger partial charge in [-0.3, -0.25) is 0 Å². The Labute approximate surface area is 116 Å². The van der Waals surface area contributed by atoms with Crippen molar-refractivity contribution in [3.8, 4) is 0 Å². The van der Waals surface area contributed by atoms with Crippen LogP contribution in [0.25, 0.3) is 0 Å². The van der Waals surface area contributed by atoms with Crippen LogP contribution >= 0.6 is 0 Å². The van der Waals surface area contributed by atoms with Crippen molar-refractivity contribution in [2.24, 2.45) is 10.2 Å². The number of hydrogen-bond donors (Lipinski definition) is 1. The molecule has 1 N–H and O–H groups in total. The molecular formula is C14H19F3N2O. The van der Waals surface area contributed by atoms with E-state index in [2.05, 4.69) is 10.2 Å². The molecule has 0 aliphatic rings. The Morgan fingerprint density at radius 1 is 1.05 bits per heavy atom. The Hall–Kier alpha value is -1.43. The van der Waals surface area contributed by atoms with E-state index in [0.29, 0.717) is 5.56 Å². The minimum absolute atomic E-state index is 0.401. The van der Waals surface area contributed by atoms with E-state index in [-0.39, 0.29) is 0 Å². The maximum absolute atomic E-state index is 13.1. The highest BCUT2D eigenvalue weighted by Gasteiger charge is 2.53. The van der Waals surface area contributed by atoms with Crippen molar-refractivity contribution in [2.45, 2.75) is 44.5 Å². The highest BCUT2D eigenvalue weighted by molar-refractivity contribution is 5.18. The van der Waals surface area contributed by atoms with Crippen LogP contribution in [0.2, 0.25) is 0 Å². The number of azo groups is 1. The van der Waals surface area contributed by atoms with E-state index in [1.165, 1.54) is 12.1 Å². The van der Waals surface area contributed by atoms with Crippen LogP contribution in [-0.2, 0) is 6.42 Å². The molecule has 112 valence electrons. The molecule has 0 fully saturated rings. The molecular weight excluding hydrogens is 269 g/mol. The number of benzene rings is 1. The smallest absolute Gasteiger partial charge is 0.379 e. The van der Waals surface area contributed by atoms with Crippen LogP contribution in [-0.4, -0.2) is 29.0 Å². The quantitative estimate of drug-likeness (QED) is 0.842. The summed E-state index contributed by atoms with van der Waals surface area (Å²) in [6.45, 7) is 4.36. The summed E-state index contributed by atoms with van der Waals surface area (Å²) in [4.78, 5) is 0. The zero-order valence-corrected chi connectivity index (χ0v) is 11.8. The van der Waals surface area contributed by atoms with E-state index in [0.717, 1.165) is 0 Å². The van der Waals surface area contributed by atoms with Crippen molar-refractivity contribution in [1.82, 2.24) is 0 Å². The Balaban J connectivity index is 2.91. The third kappa shape index (κ3) is 4.92. The van der Waals surface area contributed by atoms with E-state index in [1.807, 2.05) is 0 Å². The standard InChI is InChI=1S/C14H19F3N2O/c1-12(2,3)19-18-10-13(20,14(15,16)17)9-11-7-5-4-6-8-11/h4-8,20H,9-10H2,1-3H3. The summed E-state index contributed by atoms with van der Waals surface area (Å²) in [6, 6.07) is 8.04. The normalized spacial score (nSPS) is 16.4. The number of aliphatic hydroxyl groups is 1. The van der Waals surface area contributed by atoms with Gasteiger partial charge in [-0.15, -0.1) is 0 Å². The molecule has 1 unspecified atom stereocenters. The van der Waals surface area contributed by atoms with Crippen molar-refractivity contribution >= 4 is 0 Å². The molecule has 0 saturated heterocycles. The molecule has 20 heavy (non-hydrogen) atoms. The molecule has 0 aliphatic carbocycles. The lowest BCUT2D eigenvalue weighted by Crippen LogP contribution is -2.49. The predicted octanol–water partition coefficient (Wildman–Crippen LogP) is 3.77. The molecule has 0 amide bonds. The molecule has 3 nitrogen and oxygen atoms in total. The number of nitrogens with zero attached hydrogens (tertiary/aromatic N) is 2. The lowest BCUT2D eigenvalue weighted by molar-refractivity contribution is -0.255. The first kappa shape index (κ1) is 16.6. The van der Waals surface area contributed by atoms with Gasteiger partial charge in [0.2, 0.25) is 0 Å². The fraction of sp³-hybridized carbons (Fsp3) is 0.571. The molecule has 0 heterocycles. The van der Waals surface area contributed by atoms with E-state index in [9.17, 15) is 18.3 Å². The second-order valence-electron chi connectivity index (χ2n) is 5.76. The highest BCUT2D eigenvalue weighted by Crippen LogP contribution is 2.34. The molecule has 0 aromatic heterocycles. The lowest BCUT2D eigenvalue weighted by atomic mass is 9.94. The van der Waals surface area contributed by atoms with E-state index >= 15 is 0 Å². The molecule has 1 atom stereocenters. The summed E-state index contributed by atoms with van der Waals surface area (Å²) < 4.78 is 39.2. The van der Waals surface area contributed by atoms with Crippen molar-refractivity contribution in [3.05, 3.63) is 35.9 Å². The summed E-state index contributed by atoms with van der Waals surface area (Å²) in [7, 11) is 0. The van der Waals surface area contributed by atoms with Crippen LogP contribution in [0.4, 0.5) is 13.2 Å². The Morgan fingerprint density at radius 2 is 1.60 bits per heavy atom. The maximum Gasteiger partial charge on any atom is 0.419 e. The zero-order chi connectivity index (χ0) is 15.4. The number of hydrogen-bond acceptors (Lipinski definition) is 3. The number of halogens is 3. The van der Waals surface area contributed by atoms with Crippen LogP contribution in [0.3, 0.4) is 0 Å². The average Bonchev–Trinajstić information content (AvgIpc) is 2.27. The van der Waals surface area contributed by atoms with Crippen LogP contribution in [0.1, 0.15) is 26.3 Å². The first-order valence-electron chi connectivity index (χ1n) is 6.25. The third-order valence-corrected chi connectivity index (χ3v) is 2.57. The summed E-state index contributed by atoms with van der Waals surface area (Å²) in [6.07, 6.45) is -5.31. The van der Waals surface area contributed by atoms with Gasteiger partial charge >= 0.3 is 6.18 Å². The highest BCUT2D eigenvalue weighted by atomic mass is 19.4. The molecule has 0 radical (unpaired) electrons. The topological polar surface area (TPSA) is 45.0 Å². The van der Waals surface area contributed by atoms with E-state index in [4.69, 9.17) is 0 Å². The molecule has 1 rings (SSSR count). The Kier molecular flexibility index (Phi) is 4.91. The summed E-state index contributed by atoms with van der Waals surface area (Å²) in [5.74, 6) is 0. The molecule has 1 aromatic rings. The van der Waals surface area contributed by atoms with Gasteiger partial charge in [0.25, 0.3) is 0 Å². The maximum atomic E-state index is 13.1. The van der Waals surface area contributed by atoms with Crippen molar-refractivity contribution in [3.63, 3.8) is 0 Å². The third-order valence-electron chi connectivity index (χ3n) is 2.57. The molecule has 1 aromatic carbocycles. The van der Waals surface area contributed by atoms with Crippen molar-refractivity contribution in [2.75, 3.05) is 6.54 Å². The van der Waals surface area contributed by atoms with Gasteiger partial charge in [-0.1, -0.05) is 30.3 Å². The van der Waals surface area contributed by atoms with Gasteiger partial charge in [-0.05, 0) is 26.3 Å². The summed E-state index contributed by atoms with van der Waals surface area (Å²) in [5, 5.41) is 17.2. The molecule has 0 saturated carbocycles. The number of rotatable bonds is 4. The second kappa shape index (κ2) is 5.91. The van der Waals surface area contributed by atoms with E-state index < -0.39 is 30.3 Å². The largest absolute Gasteiger partial charge is 0.419 e. The Morgan fingerprint density at radius 3 is 2.05 bits per heavy atom. The van der Waals surface area contributed by atoms with Crippen molar-refractivity contribution in [1.29, 1.82) is 0 Å². The predicted molar refractivity (Wildman–Crippen MR) is 70.6 cm³/mol. The first-order valence-corrected chi connectivity index (χ1v) is 6.25. The van der Waals surface area contributed by atoms with Crippen LogP contribution in [0.15, 0.2) is 40.6 Å². The summed E-state index contributed by atoms with van der Waals surface area (Å²) >= 11 is 0. The zero-order valence-electron chi connectivity index (χ0n) is 11.8. The van der Waals surface area contributed by atoms with Crippen LogP contribution in [0, 0.1) is 0 Å². The molecule has 0 aliphatic heterocycles. The molecule has 6 heteroatoms. The second-order valence-corrected chi connectivity index (χ2v) is 5.76. The Bertz CT molecular complexity index is 452. The van der Waals surface area contributed by atoms with E-state index in [1.54, 1.807) is 39.0 Å². The minimum Gasteiger partial charge on any atom is -0.379 e. The van der Waals surface area contributed by atoms with Crippen molar-refractivity contribution < 1.29 is 18.3 Å².